The summed E-state index contributed by atoms with van der Waals surface area (Å²) in [4.78, 5) is -0.0327. The van der Waals surface area contributed by atoms with Crippen molar-refractivity contribution in [1.29, 1.82) is 0 Å². The van der Waals surface area contributed by atoms with Crippen LogP contribution in [0.4, 0.5) is 4.39 Å². The number of benzene rings is 1. The van der Waals surface area contributed by atoms with Crippen molar-refractivity contribution >= 4 is 10.0 Å². The fourth-order valence-electron chi connectivity index (χ4n) is 2.20. The minimum absolute atomic E-state index is 0.0327. The molecule has 5 heteroatoms. The molecule has 0 radical (unpaired) electrons. The molecule has 0 fully saturated rings. The van der Waals surface area contributed by atoms with Crippen LogP contribution in [0.1, 0.15) is 45.6 Å². The van der Waals surface area contributed by atoms with Gasteiger partial charge in [0.1, 0.15) is 5.82 Å². The van der Waals surface area contributed by atoms with Gasteiger partial charge in [0.15, 0.2) is 0 Å². The highest BCUT2D eigenvalue weighted by Crippen LogP contribution is 2.35. The van der Waals surface area contributed by atoms with Gasteiger partial charge in [-0.2, -0.15) is 0 Å². The minimum atomic E-state index is -3.79. The number of sulfonamides is 1. The van der Waals surface area contributed by atoms with E-state index in [9.17, 15) is 12.8 Å². The number of hydrogen-bond donors (Lipinski definition) is 1. The first-order chi connectivity index (χ1) is 8.24. The molecule has 3 nitrogen and oxygen atoms in total. The monoisotopic (exact) mass is 273 g/mol. The number of nitrogens with two attached hydrogens (primary N) is 1. The summed E-state index contributed by atoms with van der Waals surface area (Å²) in [5.41, 5.74) is 0.0675. The van der Waals surface area contributed by atoms with Crippen molar-refractivity contribution in [2.45, 2.75) is 50.3 Å². The molecular formula is C13H20FNO2S. The standard InChI is InChI=1S/C13H20FNO2S/c1-4-8-13(3,5-2)11-9-10(18(15,16)17)6-7-12(11)14/h6-7,9H,4-5,8H2,1-3H3,(H2,15,16,17). The van der Waals surface area contributed by atoms with E-state index in [0.717, 1.165) is 19.3 Å². The molecule has 0 amide bonds. The molecule has 0 aliphatic heterocycles. The molecule has 1 rings (SSSR count). The van der Waals surface area contributed by atoms with E-state index in [2.05, 4.69) is 0 Å². The van der Waals surface area contributed by atoms with E-state index in [1.165, 1.54) is 18.2 Å². The van der Waals surface area contributed by atoms with Gasteiger partial charge in [0.2, 0.25) is 10.0 Å². The second kappa shape index (κ2) is 5.36. The smallest absolute Gasteiger partial charge is 0.225 e. The third kappa shape index (κ3) is 3.09. The second-order valence-corrected chi connectivity index (χ2v) is 6.41. The predicted molar refractivity (Wildman–Crippen MR) is 70.3 cm³/mol. The van der Waals surface area contributed by atoms with E-state index in [1.807, 2.05) is 20.8 Å². The Balaban J connectivity index is 3.39. The van der Waals surface area contributed by atoms with Crippen LogP contribution in [-0.2, 0) is 15.4 Å². The third-order valence-corrected chi connectivity index (χ3v) is 4.41. The van der Waals surface area contributed by atoms with Gasteiger partial charge >= 0.3 is 0 Å². The maximum absolute atomic E-state index is 13.9. The Labute approximate surface area is 108 Å². The molecule has 1 unspecified atom stereocenters. The molecule has 0 saturated carbocycles. The van der Waals surface area contributed by atoms with Gasteiger partial charge in [-0.3, -0.25) is 0 Å². The molecule has 0 bridgehead atoms. The largest absolute Gasteiger partial charge is 0.238 e. The number of hydrogen-bond acceptors (Lipinski definition) is 2. The molecule has 0 saturated heterocycles. The lowest BCUT2D eigenvalue weighted by molar-refractivity contribution is 0.393. The van der Waals surface area contributed by atoms with E-state index >= 15 is 0 Å². The van der Waals surface area contributed by atoms with Crippen LogP contribution in [0.15, 0.2) is 23.1 Å². The van der Waals surface area contributed by atoms with Crippen LogP contribution in [0.3, 0.4) is 0 Å². The van der Waals surface area contributed by atoms with Crippen LogP contribution < -0.4 is 5.14 Å². The van der Waals surface area contributed by atoms with Gasteiger partial charge < -0.3 is 0 Å². The van der Waals surface area contributed by atoms with E-state index < -0.39 is 10.0 Å². The minimum Gasteiger partial charge on any atom is -0.225 e. The molecule has 18 heavy (non-hydrogen) atoms. The Hall–Kier alpha value is -0.940. The summed E-state index contributed by atoms with van der Waals surface area (Å²) >= 11 is 0. The van der Waals surface area contributed by atoms with E-state index in [0.29, 0.717) is 5.56 Å². The van der Waals surface area contributed by atoms with E-state index in [4.69, 9.17) is 5.14 Å². The summed E-state index contributed by atoms with van der Waals surface area (Å²) < 4.78 is 36.6. The zero-order chi connectivity index (χ0) is 14.0. The van der Waals surface area contributed by atoms with Crippen LogP contribution in [0, 0.1) is 5.82 Å². The van der Waals surface area contributed by atoms with E-state index in [-0.39, 0.29) is 16.1 Å². The molecule has 0 aliphatic rings. The van der Waals surface area contributed by atoms with Crippen LogP contribution in [-0.4, -0.2) is 8.42 Å². The summed E-state index contributed by atoms with van der Waals surface area (Å²) in [7, 11) is -3.79. The Bertz CT molecular complexity index is 528. The van der Waals surface area contributed by atoms with Gasteiger partial charge in [0.05, 0.1) is 4.90 Å². The fraction of sp³-hybridized carbons (Fsp3) is 0.538. The number of primary sulfonamides is 1. The lowest BCUT2D eigenvalue weighted by Gasteiger charge is -2.29. The van der Waals surface area contributed by atoms with Gasteiger partial charge in [0.25, 0.3) is 0 Å². The zero-order valence-electron chi connectivity index (χ0n) is 11.0. The maximum atomic E-state index is 13.9. The van der Waals surface area contributed by atoms with Crippen molar-refractivity contribution < 1.29 is 12.8 Å². The number of halogens is 1. The first-order valence-electron chi connectivity index (χ1n) is 6.07. The molecule has 0 aliphatic carbocycles. The highest BCUT2D eigenvalue weighted by molar-refractivity contribution is 7.89. The summed E-state index contributed by atoms with van der Waals surface area (Å²) in [5.74, 6) is -0.375. The maximum Gasteiger partial charge on any atom is 0.238 e. The average molecular weight is 273 g/mol. The van der Waals surface area contributed by atoms with Crippen molar-refractivity contribution in [3.05, 3.63) is 29.6 Å². The molecule has 102 valence electrons. The molecule has 1 atom stereocenters. The lowest BCUT2D eigenvalue weighted by atomic mass is 9.76. The van der Waals surface area contributed by atoms with Crippen LogP contribution in [0.25, 0.3) is 0 Å². The second-order valence-electron chi connectivity index (χ2n) is 4.85. The highest BCUT2D eigenvalue weighted by Gasteiger charge is 2.28. The van der Waals surface area contributed by atoms with Crippen molar-refractivity contribution in [2.24, 2.45) is 5.14 Å². The third-order valence-electron chi connectivity index (χ3n) is 3.50. The van der Waals surface area contributed by atoms with Gasteiger partial charge in [-0.25, -0.2) is 17.9 Å². The van der Waals surface area contributed by atoms with Gasteiger partial charge in [-0.05, 0) is 42.0 Å². The zero-order valence-corrected chi connectivity index (χ0v) is 11.8. The van der Waals surface area contributed by atoms with Gasteiger partial charge in [0, 0.05) is 0 Å². The normalized spacial score (nSPS) is 15.4. The van der Waals surface area contributed by atoms with Gasteiger partial charge in [-0.1, -0.05) is 27.2 Å². The Morgan fingerprint density at radius 3 is 2.39 bits per heavy atom. The van der Waals surface area contributed by atoms with Gasteiger partial charge in [-0.15, -0.1) is 0 Å². The van der Waals surface area contributed by atoms with Crippen molar-refractivity contribution in [3.63, 3.8) is 0 Å². The SMILES string of the molecule is CCCC(C)(CC)c1cc(S(N)(=O)=O)ccc1F. The first kappa shape index (κ1) is 15.1. The fourth-order valence-corrected chi connectivity index (χ4v) is 2.74. The first-order valence-corrected chi connectivity index (χ1v) is 7.62. The van der Waals surface area contributed by atoms with Crippen LogP contribution >= 0.6 is 0 Å². The molecule has 1 aromatic carbocycles. The van der Waals surface area contributed by atoms with E-state index in [1.54, 1.807) is 0 Å². The Kier molecular flexibility index (Phi) is 4.50. The molecule has 1 aromatic rings. The summed E-state index contributed by atoms with van der Waals surface area (Å²) in [5, 5.41) is 5.08. The molecule has 2 N–H and O–H groups in total. The Morgan fingerprint density at radius 1 is 1.33 bits per heavy atom. The van der Waals surface area contributed by atoms with Crippen molar-refractivity contribution in [1.82, 2.24) is 0 Å². The topological polar surface area (TPSA) is 60.2 Å². The molecule has 0 spiro atoms. The van der Waals surface area contributed by atoms with Crippen LogP contribution in [0.2, 0.25) is 0 Å². The molecule has 0 heterocycles. The average Bonchev–Trinajstić information content (AvgIpc) is 2.28. The predicted octanol–water partition coefficient (Wildman–Crippen LogP) is 2.94. The Morgan fingerprint density at radius 2 is 1.94 bits per heavy atom. The summed E-state index contributed by atoms with van der Waals surface area (Å²) in [6.45, 7) is 5.94. The quantitative estimate of drug-likeness (QED) is 0.896. The summed E-state index contributed by atoms with van der Waals surface area (Å²) in [6, 6.07) is 3.75. The molecular weight excluding hydrogens is 253 g/mol. The lowest BCUT2D eigenvalue weighted by Crippen LogP contribution is -2.23. The van der Waals surface area contributed by atoms with Crippen molar-refractivity contribution in [3.8, 4) is 0 Å². The van der Waals surface area contributed by atoms with Crippen molar-refractivity contribution in [2.75, 3.05) is 0 Å². The molecule has 0 aromatic heterocycles. The van der Waals surface area contributed by atoms with Crippen LogP contribution in [0.5, 0.6) is 0 Å². The number of rotatable bonds is 5. The summed E-state index contributed by atoms with van der Waals surface area (Å²) in [6.07, 6.45) is 2.45. The highest BCUT2D eigenvalue weighted by atomic mass is 32.2.